The number of hydrogen-bond donors (Lipinski definition) is 1. The van der Waals surface area contributed by atoms with Gasteiger partial charge >= 0.3 is 10.8 Å². The fraction of sp³-hybridized carbons (Fsp3) is 0.111. The van der Waals surface area contributed by atoms with E-state index in [9.17, 15) is 4.79 Å². The van der Waals surface area contributed by atoms with Gasteiger partial charge in [0.05, 0.1) is 0 Å². The standard InChI is InChI=1S/C9H7ClN2O2/c10-8-9(13)14-11-12(8)6-7-4-2-1-3-5-7/h1-5H,6H2/p+1. The molecule has 0 fully saturated rings. The lowest BCUT2D eigenvalue weighted by atomic mass is 10.2. The number of aromatic amines is 1. The van der Waals surface area contributed by atoms with Crippen LogP contribution in [0, 0.1) is 0 Å². The molecule has 0 saturated heterocycles. The van der Waals surface area contributed by atoms with Gasteiger partial charge in [0.25, 0.3) is 0 Å². The van der Waals surface area contributed by atoms with Crippen molar-refractivity contribution in [3.63, 3.8) is 0 Å². The molecule has 0 aliphatic carbocycles. The second-order valence-corrected chi connectivity index (χ2v) is 3.20. The first kappa shape index (κ1) is 9.02. The van der Waals surface area contributed by atoms with Crippen LogP contribution in [0.5, 0.6) is 0 Å². The van der Waals surface area contributed by atoms with E-state index in [-0.39, 0.29) is 5.15 Å². The van der Waals surface area contributed by atoms with Crippen LogP contribution in [0.25, 0.3) is 0 Å². The van der Waals surface area contributed by atoms with Crippen LogP contribution in [0.4, 0.5) is 0 Å². The fourth-order valence-electron chi connectivity index (χ4n) is 1.16. The summed E-state index contributed by atoms with van der Waals surface area (Å²) in [6, 6.07) is 9.64. The third kappa shape index (κ3) is 1.70. The monoisotopic (exact) mass is 211 g/mol. The van der Waals surface area contributed by atoms with E-state index < -0.39 is 5.63 Å². The summed E-state index contributed by atoms with van der Waals surface area (Å²) in [6.45, 7) is 0.491. The van der Waals surface area contributed by atoms with Crippen LogP contribution < -0.4 is 10.3 Å². The highest BCUT2D eigenvalue weighted by Crippen LogP contribution is 1.98. The van der Waals surface area contributed by atoms with Crippen molar-refractivity contribution in [3.05, 3.63) is 51.5 Å². The van der Waals surface area contributed by atoms with Gasteiger partial charge in [0.2, 0.25) is 6.54 Å². The van der Waals surface area contributed by atoms with Gasteiger partial charge in [-0.2, -0.15) is 0 Å². The average molecular weight is 212 g/mol. The van der Waals surface area contributed by atoms with E-state index in [4.69, 9.17) is 11.6 Å². The van der Waals surface area contributed by atoms with E-state index in [2.05, 4.69) is 9.79 Å². The van der Waals surface area contributed by atoms with Gasteiger partial charge in [0.1, 0.15) is 0 Å². The molecule has 1 heterocycles. The Morgan fingerprint density at radius 3 is 2.64 bits per heavy atom. The third-order valence-corrected chi connectivity index (χ3v) is 2.20. The number of rotatable bonds is 2. The maximum Gasteiger partial charge on any atom is 0.447 e. The van der Waals surface area contributed by atoms with E-state index >= 15 is 0 Å². The number of H-pyrrole nitrogens is 1. The maximum atomic E-state index is 10.9. The maximum absolute atomic E-state index is 10.9. The van der Waals surface area contributed by atoms with Crippen LogP contribution in [0.1, 0.15) is 5.56 Å². The molecule has 4 nitrogen and oxygen atoms in total. The quantitative estimate of drug-likeness (QED) is 0.753. The summed E-state index contributed by atoms with van der Waals surface area (Å²) in [6.07, 6.45) is 0. The first-order valence-corrected chi connectivity index (χ1v) is 4.46. The summed E-state index contributed by atoms with van der Waals surface area (Å²) < 4.78 is 5.96. The minimum atomic E-state index is -0.553. The molecule has 0 unspecified atom stereocenters. The van der Waals surface area contributed by atoms with Crippen LogP contribution in [-0.2, 0) is 6.54 Å². The Morgan fingerprint density at radius 1 is 1.36 bits per heavy atom. The minimum Gasteiger partial charge on any atom is -0.282 e. The lowest BCUT2D eigenvalue weighted by Crippen LogP contribution is -2.37. The second kappa shape index (κ2) is 3.67. The molecule has 0 aliphatic rings. The van der Waals surface area contributed by atoms with Crippen LogP contribution in [0.3, 0.4) is 0 Å². The Balaban J connectivity index is 2.28. The zero-order valence-electron chi connectivity index (χ0n) is 7.24. The molecule has 72 valence electrons. The van der Waals surface area contributed by atoms with E-state index in [1.165, 1.54) is 4.68 Å². The van der Waals surface area contributed by atoms with Crippen molar-refractivity contribution in [1.29, 1.82) is 0 Å². The Hall–Kier alpha value is -1.55. The van der Waals surface area contributed by atoms with Crippen molar-refractivity contribution in [1.82, 2.24) is 5.27 Å². The van der Waals surface area contributed by atoms with Crippen molar-refractivity contribution in [2.24, 2.45) is 0 Å². The molecule has 0 spiro atoms. The summed E-state index contributed by atoms with van der Waals surface area (Å²) in [5.74, 6) is 0. The summed E-state index contributed by atoms with van der Waals surface area (Å²) in [7, 11) is 0. The predicted octanol–water partition coefficient (Wildman–Crippen LogP) is 0.957. The van der Waals surface area contributed by atoms with Gasteiger partial charge in [-0.05, 0) is 16.9 Å². The summed E-state index contributed by atoms with van der Waals surface area (Å²) in [5, 5.41) is 2.47. The predicted molar refractivity (Wildman–Crippen MR) is 50.1 cm³/mol. The fourth-order valence-corrected chi connectivity index (χ4v) is 1.29. The van der Waals surface area contributed by atoms with E-state index in [0.29, 0.717) is 6.54 Å². The van der Waals surface area contributed by atoms with Crippen molar-refractivity contribution in [2.45, 2.75) is 6.54 Å². The molecule has 2 rings (SSSR count). The third-order valence-electron chi connectivity index (χ3n) is 1.84. The molecule has 2 aromatic rings. The molecule has 5 heteroatoms. The molecule has 0 radical (unpaired) electrons. The van der Waals surface area contributed by atoms with Gasteiger partial charge in [0.15, 0.2) is 0 Å². The molecule has 1 aromatic heterocycles. The highest BCUT2D eigenvalue weighted by molar-refractivity contribution is 6.28. The molecular formula is C9H8ClN2O2+. The van der Waals surface area contributed by atoms with E-state index in [1.54, 1.807) is 0 Å². The normalized spacial score (nSPS) is 10.4. The zero-order valence-corrected chi connectivity index (χ0v) is 7.99. The van der Waals surface area contributed by atoms with Gasteiger partial charge in [0, 0.05) is 5.56 Å². The van der Waals surface area contributed by atoms with Gasteiger partial charge < -0.3 is 0 Å². The molecule has 1 aromatic carbocycles. The minimum absolute atomic E-state index is 0.0499. The van der Waals surface area contributed by atoms with E-state index in [1.807, 2.05) is 30.3 Å². The van der Waals surface area contributed by atoms with Crippen LogP contribution in [-0.4, -0.2) is 5.27 Å². The molecule has 0 amide bonds. The van der Waals surface area contributed by atoms with E-state index in [0.717, 1.165) is 5.56 Å². The van der Waals surface area contributed by atoms with Crippen molar-refractivity contribution in [3.8, 4) is 0 Å². The molecule has 0 atom stereocenters. The second-order valence-electron chi connectivity index (χ2n) is 2.84. The lowest BCUT2D eigenvalue weighted by Gasteiger charge is -1.91. The average Bonchev–Trinajstić information content (AvgIpc) is 2.52. The van der Waals surface area contributed by atoms with Crippen molar-refractivity contribution < 1.29 is 9.20 Å². The molecule has 14 heavy (non-hydrogen) atoms. The molecule has 0 saturated carbocycles. The van der Waals surface area contributed by atoms with Gasteiger partial charge in [-0.25, -0.2) is 4.79 Å². The molecular weight excluding hydrogens is 204 g/mol. The summed E-state index contributed by atoms with van der Waals surface area (Å²) >= 11 is 5.68. The Morgan fingerprint density at radius 2 is 2.07 bits per heavy atom. The largest absolute Gasteiger partial charge is 0.447 e. The lowest BCUT2D eigenvalue weighted by molar-refractivity contribution is -0.752. The number of halogens is 1. The highest BCUT2D eigenvalue weighted by atomic mass is 35.5. The molecule has 1 N–H and O–H groups in total. The van der Waals surface area contributed by atoms with Crippen molar-refractivity contribution >= 4 is 11.6 Å². The van der Waals surface area contributed by atoms with Crippen LogP contribution in [0.2, 0.25) is 5.15 Å². The first-order chi connectivity index (χ1) is 6.77. The topological polar surface area (TPSA) is 49.9 Å². The SMILES string of the molecule is O=c1o[nH][n+](Cc2ccccc2)c1Cl. The molecule has 0 aliphatic heterocycles. The Bertz CT molecular complexity index is 475. The zero-order chi connectivity index (χ0) is 9.97. The smallest absolute Gasteiger partial charge is 0.282 e. The summed E-state index contributed by atoms with van der Waals surface area (Å²) in [4.78, 5) is 10.9. The highest BCUT2D eigenvalue weighted by Gasteiger charge is 2.17. The number of hydrogen-bond acceptors (Lipinski definition) is 2. The number of aromatic nitrogens is 2. The number of nitrogens with zero attached hydrogens (tertiary/aromatic N) is 1. The van der Waals surface area contributed by atoms with Gasteiger partial charge in [-0.3, -0.25) is 4.52 Å². The number of nitrogens with one attached hydrogen (secondary N) is 1. The van der Waals surface area contributed by atoms with Crippen LogP contribution in [0.15, 0.2) is 39.6 Å². The Labute approximate surface area is 84.7 Å². The van der Waals surface area contributed by atoms with Crippen molar-refractivity contribution in [2.75, 3.05) is 0 Å². The molecule has 0 bridgehead atoms. The first-order valence-electron chi connectivity index (χ1n) is 4.08. The van der Waals surface area contributed by atoms with Crippen LogP contribution >= 0.6 is 11.6 Å². The Kier molecular flexibility index (Phi) is 2.37. The van der Waals surface area contributed by atoms with Gasteiger partial charge in [-0.15, -0.1) is 0 Å². The number of benzene rings is 1. The summed E-state index contributed by atoms with van der Waals surface area (Å²) in [5.41, 5.74) is 0.485. The van der Waals surface area contributed by atoms with Gasteiger partial charge in [-0.1, -0.05) is 35.0 Å².